The summed E-state index contributed by atoms with van der Waals surface area (Å²) in [6.07, 6.45) is 3.80. The van der Waals surface area contributed by atoms with E-state index in [1.54, 1.807) is 17.9 Å². The Morgan fingerprint density at radius 1 is 1.45 bits per heavy atom. The highest BCUT2D eigenvalue weighted by Gasteiger charge is 2.11. The van der Waals surface area contributed by atoms with Crippen molar-refractivity contribution in [1.82, 2.24) is 15.0 Å². The van der Waals surface area contributed by atoms with Gasteiger partial charge in [0, 0.05) is 10.6 Å². The molecule has 0 spiro atoms. The highest BCUT2D eigenvalue weighted by molar-refractivity contribution is 6.30. The molecule has 2 N–H and O–H groups in total. The molecule has 1 heterocycles. The molecule has 0 radical (unpaired) electrons. The van der Waals surface area contributed by atoms with Crippen LogP contribution in [0.15, 0.2) is 24.4 Å². The van der Waals surface area contributed by atoms with Crippen LogP contribution in [0, 0.1) is 0 Å². The summed E-state index contributed by atoms with van der Waals surface area (Å²) in [4.78, 5) is 0. The van der Waals surface area contributed by atoms with Crippen molar-refractivity contribution < 1.29 is 4.74 Å². The van der Waals surface area contributed by atoms with E-state index in [9.17, 15) is 0 Å². The minimum atomic E-state index is -0.0602. The topological polar surface area (TPSA) is 66.0 Å². The van der Waals surface area contributed by atoms with Crippen molar-refractivity contribution in [1.29, 1.82) is 0 Å². The maximum atomic E-state index is 6.03. The molecule has 1 aromatic heterocycles. The normalized spacial score (nSPS) is 12.4. The Kier molecular flexibility index (Phi) is 4.98. The second-order valence-electron chi connectivity index (χ2n) is 4.69. The third-order valence-corrected chi connectivity index (χ3v) is 3.35. The van der Waals surface area contributed by atoms with Crippen molar-refractivity contribution in [3.05, 3.63) is 40.7 Å². The van der Waals surface area contributed by atoms with Crippen LogP contribution < -0.4 is 10.5 Å². The Bertz CT molecular complexity index is 570. The minimum Gasteiger partial charge on any atom is -0.496 e. The Labute approximate surface area is 123 Å². The molecule has 1 unspecified atom stereocenters. The summed E-state index contributed by atoms with van der Waals surface area (Å²) < 4.78 is 7.07. The molecular formula is C14H19ClN4O. The second kappa shape index (κ2) is 6.72. The maximum Gasteiger partial charge on any atom is 0.124 e. The van der Waals surface area contributed by atoms with E-state index in [1.165, 1.54) is 0 Å². The van der Waals surface area contributed by atoms with Crippen LogP contribution in [-0.2, 0) is 6.54 Å². The van der Waals surface area contributed by atoms with Crippen molar-refractivity contribution in [2.45, 2.75) is 32.4 Å². The Morgan fingerprint density at radius 3 is 2.95 bits per heavy atom. The van der Waals surface area contributed by atoms with Gasteiger partial charge in [0.05, 0.1) is 31.6 Å². The molecule has 1 aromatic carbocycles. The number of nitrogens with zero attached hydrogens (tertiary/aromatic N) is 3. The second-order valence-corrected chi connectivity index (χ2v) is 5.13. The van der Waals surface area contributed by atoms with Crippen LogP contribution in [0.25, 0.3) is 0 Å². The Morgan fingerprint density at radius 2 is 2.25 bits per heavy atom. The van der Waals surface area contributed by atoms with E-state index in [0.717, 1.165) is 29.8 Å². The number of methoxy groups -OCH3 is 1. The quantitative estimate of drug-likeness (QED) is 0.889. The van der Waals surface area contributed by atoms with Gasteiger partial charge in [-0.1, -0.05) is 30.2 Å². The van der Waals surface area contributed by atoms with E-state index in [4.69, 9.17) is 22.1 Å². The summed E-state index contributed by atoms with van der Waals surface area (Å²) in [6, 6.07) is 5.45. The zero-order valence-electron chi connectivity index (χ0n) is 11.7. The first-order valence-electron chi connectivity index (χ1n) is 6.62. The number of benzene rings is 1. The van der Waals surface area contributed by atoms with Gasteiger partial charge in [0.25, 0.3) is 0 Å². The van der Waals surface area contributed by atoms with Gasteiger partial charge in [-0.15, -0.1) is 5.10 Å². The van der Waals surface area contributed by atoms with Crippen molar-refractivity contribution in [3.63, 3.8) is 0 Å². The number of rotatable bonds is 6. The molecule has 1 atom stereocenters. The first-order chi connectivity index (χ1) is 9.63. The molecule has 2 aromatic rings. The first-order valence-corrected chi connectivity index (χ1v) is 6.99. The highest BCUT2D eigenvalue weighted by Crippen LogP contribution is 2.23. The van der Waals surface area contributed by atoms with E-state index in [2.05, 4.69) is 17.2 Å². The number of hydrogen-bond donors (Lipinski definition) is 1. The Hall–Kier alpha value is -1.59. The van der Waals surface area contributed by atoms with Crippen LogP contribution in [-0.4, -0.2) is 22.1 Å². The zero-order chi connectivity index (χ0) is 14.5. The van der Waals surface area contributed by atoms with Gasteiger partial charge in [0.2, 0.25) is 0 Å². The molecule has 20 heavy (non-hydrogen) atoms. The van der Waals surface area contributed by atoms with Crippen molar-refractivity contribution in [2.75, 3.05) is 7.11 Å². The fourth-order valence-corrected chi connectivity index (χ4v) is 2.26. The molecule has 0 aliphatic carbocycles. The van der Waals surface area contributed by atoms with Crippen LogP contribution in [0.4, 0.5) is 0 Å². The molecule has 2 rings (SSSR count). The average Bonchev–Trinajstić information content (AvgIpc) is 2.88. The summed E-state index contributed by atoms with van der Waals surface area (Å²) in [5, 5.41) is 8.90. The van der Waals surface area contributed by atoms with Crippen molar-refractivity contribution >= 4 is 11.6 Å². The SMILES string of the molecule is CCCC(N)c1cn(Cc2cc(Cl)ccc2OC)nn1. The van der Waals surface area contributed by atoms with E-state index in [0.29, 0.717) is 11.6 Å². The molecule has 0 fully saturated rings. The number of hydrogen-bond acceptors (Lipinski definition) is 4. The monoisotopic (exact) mass is 294 g/mol. The van der Waals surface area contributed by atoms with Gasteiger partial charge in [0.1, 0.15) is 5.75 Å². The number of nitrogens with two attached hydrogens (primary N) is 1. The summed E-state index contributed by atoms with van der Waals surface area (Å²) in [5.74, 6) is 0.782. The molecule has 6 heteroatoms. The number of ether oxygens (including phenoxy) is 1. The van der Waals surface area contributed by atoms with Crippen LogP contribution >= 0.6 is 11.6 Å². The third kappa shape index (κ3) is 3.49. The lowest BCUT2D eigenvalue weighted by Crippen LogP contribution is -2.10. The first kappa shape index (κ1) is 14.8. The van der Waals surface area contributed by atoms with E-state index >= 15 is 0 Å². The van der Waals surface area contributed by atoms with Gasteiger partial charge >= 0.3 is 0 Å². The van der Waals surface area contributed by atoms with Crippen molar-refractivity contribution in [3.8, 4) is 5.75 Å². The summed E-state index contributed by atoms with van der Waals surface area (Å²) >= 11 is 6.02. The summed E-state index contributed by atoms with van der Waals surface area (Å²) in [5.41, 5.74) is 7.80. The van der Waals surface area contributed by atoms with E-state index < -0.39 is 0 Å². The van der Waals surface area contributed by atoms with Gasteiger partial charge in [-0.2, -0.15) is 0 Å². The van der Waals surface area contributed by atoms with Gasteiger partial charge < -0.3 is 10.5 Å². The standard InChI is InChI=1S/C14H19ClN4O/c1-3-4-12(16)13-9-19(18-17-13)8-10-7-11(15)5-6-14(10)20-2/h5-7,9,12H,3-4,8,16H2,1-2H3. The summed E-state index contributed by atoms with van der Waals surface area (Å²) in [6.45, 7) is 2.65. The molecule has 0 saturated carbocycles. The lowest BCUT2D eigenvalue weighted by atomic mass is 10.1. The van der Waals surface area contributed by atoms with E-state index in [-0.39, 0.29) is 6.04 Å². The zero-order valence-corrected chi connectivity index (χ0v) is 12.5. The lowest BCUT2D eigenvalue weighted by molar-refractivity contribution is 0.407. The van der Waals surface area contributed by atoms with Gasteiger partial charge in [-0.25, -0.2) is 4.68 Å². The van der Waals surface area contributed by atoms with Crippen LogP contribution in [0.1, 0.15) is 37.1 Å². The van der Waals surface area contributed by atoms with E-state index in [1.807, 2.05) is 18.3 Å². The average molecular weight is 295 g/mol. The molecule has 0 saturated heterocycles. The smallest absolute Gasteiger partial charge is 0.124 e. The fourth-order valence-electron chi connectivity index (χ4n) is 2.06. The van der Waals surface area contributed by atoms with Gasteiger partial charge in [-0.05, 0) is 24.6 Å². The number of aromatic nitrogens is 3. The van der Waals surface area contributed by atoms with Gasteiger partial charge in [0.15, 0.2) is 0 Å². The molecule has 0 aliphatic rings. The highest BCUT2D eigenvalue weighted by atomic mass is 35.5. The van der Waals surface area contributed by atoms with Crippen LogP contribution in [0.5, 0.6) is 5.75 Å². The minimum absolute atomic E-state index is 0.0602. The van der Waals surface area contributed by atoms with Crippen LogP contribution in [0.3, 0.4) is 0 Å². The van der Waals surface area contributed by atoms with Crippen LogP contribution in [0.2, 0.25) is 5.02 Å². The number of halogens is 1. The third-order valence-electron chi connectivity index (χ3n) is 3.11. The fraction of sp³-hybridized carbons (Fsp3) is 0.429. The van der Waals surface area contributed by atoms with Crippen molar-refractivity contribution in [2.24, 2.45) is 5.73 Å². The maximum absolute atomic E-state index is 6.03. The largest absolute Gasteiger partial charge is 0.496 e. The summed E-state index contributed by atoms with van der Waals surface area (Å²) in [7, 11) is 1.64. The molecule has 108 valence electrons. The molecule has 0 bridgehead atoms. The predicted octanol–water partition coefficient (Wildman–Crippen LogP) is 2.79. The molecule has 0 amide bonds. The molecule has 0 aliphatic heterocycles. The predicted molar refractivity (Wildman–Crippen MR) is 79.0 cm³/mol. The van der Waals surface area contributed by atoms with Gasteiger partial charge in [-0.3, -0.25) is 0 Å². The molecular weight excluding hydrogens is 276 g/mol. The molecule has 5 nitrogen and oxygen atoms in total. The lowest BCUT2D eigenvalue weighted by Gasteiger charge is -2.08. The Balaban J connectivity index is 2.16.